The van der Waals surface area contributed by atoms with E-state index in [0.29, 0.717) is 0 Å². The topological polar surface area (TPSA) is 26.3 Å². The van der Waals surface area contributed by atoms with Gasteiger partial charge in [0.1, 0.15) is 0 Å². The Labute approximate surface area is 135 Å². The third-order valence-electron chi connectivity index (χ3n) is 4.78. The summed E-state index contributed by atoms with van der Waals surface area (Å²) in [6.45, 7) is 4.13. The van der Waals surface area contributed by atoms with Crippen LogP contribution in [0.3, 0.4) is 0 Å². The lowest BCUT2D eigenvalue weighted by atomic mass is 9.63. The third-order valence-corrected chi connectivity index (χ3v) is 5.56. The fourth-order valence-electron chi connectivity index (χ4n) is 3.48. The van der Waals surface area contributed by atoms with Crippen molar-refractivity contribution in [2.24, 2.45) is 11.3 Å². The van der Waals surface area contributed by atoms with Crippen LogP contribution in [0.25, 0.3) is 0 Å². The number of carbonyl (C=O) groups excluding carboxylic acids is 1. The van der Waals surface area contributed by atoms with Crippen molar-refractivity contribution in [2.45, 2.75) is 39.5 Å². The molecule has 1 saturated carbocycles. The van der Waals surface area contributed by atoms with Crippen LogP contribution in [0.15, 0.2) is 40.4 Å². The summed E-state index contributed by atoms with van der Waals surface area (Å²) in [5, 5.41) is 0. The van der Waals surface area contributed by atoms with E-state index in [9.17, 15) is 4.79 Å². The molecule has 0 saturated heterocycles. The van der Waals surface area contributed by atoms with Gasteiger partial charge in [0.2, 0.25) is 0 Å². The molecule has 2 atom stereocenters. The molecule has 114 valence electrons. The number of hydrogen-bond donors (Lipinski definition) is 0. The number of esters is 1. The summed E-state index contributed by atoms with van der Waals surface area (Å²) >= 11 is 3.62. The van der Waals surface area contributed by atoms with Gasteiger partial charge in [-0.2, -0.15) is 0 Å². The molecule has 1 aromatic rings. The van der Waals surface area contributed by atoms with Crippen molar-refractivity contribution in [3.05, 3.63) is 46.0 Å². The fourth-order valence-corrected chi connectivity index (χ4v) is 3.93. The lowest BCUT2D eigenvalue weighted by Crippen LogP contribution is -2.41. The Hall–Kier alpha value is -1.09. The van der Waals surface area contributed by atoms with Crippen molar-refractivity contribution in [1.82, 2.24) is 0 Å². The maximum absolute atomic E-state index is 12.4. The maximum Gasteiger partial charge on any atom is 0.312 e. The molecule has 0 spiro atoms. The van der Waals surface area contributed by atoms with Crippen LogP contribution < -0.4 is 0 Å². The normalized spacial score (nSPS) is 27.6. The zero-order valence-corrected chi connectivity index (χ0v) is 14.6. The number of allylic oxidation sites excluding steroid dienone is 2. The van der Waals surface area contributed by atoms with Gasteiger partial charge in [-0.1, -0.05) is 45.8 Å². The summed E-state index contributed by atoms with van der Waals surface area (Å²) < 4.78 is 6.22. The van der Waals surface area contributed by atoms with Crippen LogP contribution >= 0.6 is 15.9 Å². The third kappa shape index (κ3) is 3.23. The highest BCUT2D eigenvalue weighted by Crippen LogP contribution is 2.47. The second-order valence-corrected chi connectivity index (χ2v) is 6.83. The lowest BCUT2D eigenvalue weighted by Gasteiger charge is -2.41. The number of halogens is 1. The van der Waals surface area contributed by atoms with Gasteiger partial charge in [0.25, 0.3) is 0 Å². The van der Waals surface area contributed by atoms with Gasteiger partial charge in [0, 0.05) is 4.47 Å². The van der Waals surface area contributed by atoms with Crippen LogP contribution in [-0.2, 0) is 16.0 Å². The Morgan fingerprint density at radius 1 is 1.48 bits per heavy atom. The van der Waals surface area contributed by atoms with E-state index < -0.39 is 5.41 Å². The van der Waals surface area contributed by atoms with E-state index in [4.69, 9.17) is 4.74 Å². The predicted octanol–water partition coefficient (Wildman–Crippen LogP) is 4.92. The molecule has 0 aliphatic heterocycles. The van der Waals surface area contributed by atoms with Crippen molar-refractivity contribution < 1.29 is 9.53 Å². The first-order valence-corrected chi connectivity index (χ1v) is 8.29. The summed E-state index contributed by atoms with van der Waals surface area (Å²) in [7, 11) is 1.49. The molecule has 1 aliphatic rings. The molecule has 3 heteroatoms. The second kappa shape index (κ2) is 6.78. The SMILES string of the molecule is C/C=C1/CCCC(C)(C(=O)OC)C1Cc1ccccc1Br. The number of rotatable bonds is 3. The van der Waals surface area contributed by atoms with E-state index in [1.54, 1.807) is 0 Å². The molecule has 1 aromatic carbocycles. The van der Waals surface area contributed by atoms with Crippen LogP contribution in [0.4, 0.5) is 0 Å². The summed E-state index contributed by atoms with van der Waals surface area (Å²) in [6.07, 6.45) is 6.08. The Morgan fingerprint density at radius 3 is 2.81 bits per heavy atom. The van der Waals surface area contributed by atoms with Crippen molar-refractivity contribution in [3.8, 4) is 0 Å². The first-order chi connectivity index (χ1) is 10.0. The van der Waals surface area contributed by atoms with Crippen molar-refractivity contribution >= 4 is 21.9 Å². The van der Waals surface area contributed by atoms with Gasteiger partial charge in [0.15, 0.2) is 0 Å². The quantitative estimate of drug-likeness (QED) is 0.571. The van der Waals surface area contributed by atoms with E-state index in [1.165, 1.54) is 18.2 Å². The van der Waals surface area contributed by atoms with Crippen molar-refractivity contribution in [2.75, 3.05) is 7.11 Å². The molecule has 0 amide bonds. The number of benzene rings is 1. The largest absolute Gasteiger partial charge is 0.469 e. The lowest BCUT2D eigenvalue weighted by molar-refractivity contribution is -0.155. The van der Waals surface area contributed by atoms with Gasteiger partial charge < -0.3 is 4.74 Å². The minimum atomic E-state index is -0.426. The number of ether oxygens (including phenoxy) is 1. The average Bonchev–Trinajstić information content (AvgIpc) is 2.50. The monoisotopic (exact) mass is 350 g/mol. The molecular formula is C18H23BrO2. The molecule has 0 aromatic heterocycles. The van der Waals surface area contributed by atoms with Gasteiger partial charge in [-0.3, -0.25) is 4.79 Å². The molecule has 1 fully saturated rings. The highest BCUT2D eigenvalue weighted by atomic mass is 79.9. The Kier molecular flexibility index (Phi) is 5.26. The Balaban J connectivity index is 2.38. The van der Waals surface area contributed by atoms with E-state index in [0.717, 1.165) is 30.2 Å². The van der Waals surface area contributed by atoms with Crippen LogP contribution in [-0.4, -0.2) is 13.1 Å². The number of methoxy groups -OCH3 is 1. The smallest absolute Gasteiger partial charge is 0.312 e. The van der Waals surface area contributed by atoms with E-state index in [-0.39, 0.29) is 11.9 Å². The molecule has 1 aliphatic carbocycles. The summed E-state index contributed by atoms with van der Waals surface area (Å²) in [4.78, 5) is 12.4. The van der Waals surface area contributed by atoms with Crippen LogP contribution in [0.2, 0.25) is 0 Å². The molecule has 21 heavy (non-hydrogen) atoms. The Morgan fingerprint density at radius 2 is 2.19 bits per heavy atom. The molecule has 0 N–H and O–H groups in total. The summed E-state index contributed by atoms with van der Waals surface area (Å²) in [5.41, 5.74) is 2.20. The molecule has 0 bridgehead atoms. The van der Waals surface area contributed by atoms with Crippen LogP contribution in [0.5, 0.6) is 0 Å². The van der Waals surface area contributed by atoms with Gasteiger partial charge in [-0.15, -0.1) is 0 Å². The molecule has 2 rings (SSSR count). The molecule has 0 radical (unpaired) electrons. The van der Waals surface area contributed by atoms with E-state index in [1.807, 2.05) is 12.1 Å². The molecule has 2 nitrogen and oxygen atoms in total. The van der Waals surface area contributed by atoms with Gasteiger partial charge in [0.05, 0.1) is 12.5 Å². The van der Waals surface area contributed by atoms with Gasteiger partial charge in [-0.25, -0.2) is 0 Å². The highest BCUT2D eigenvalue weighted by Gasteiger charge is 2.45. The Bertz CT molecular complexity index is 550. The molecule has 2 unspecified atom stereocenters. The number of hydrogen-bond acceptors (Lipinski definition) is 2. The van der Waals surface area contributed by atoms with E-state index in [2.05, 4.69) is 48.0 Å². The maximum atomic E-state index is 12.4. The van der Waals surface area contributed by atoms with Gasteiger partial charge >= 0.3 is 5.97 Å². The average molecular weight is 351 g/mol. The molecule has 0 heterocycles. The minimum Gasteiger partial charge on any atom is -0.469 e. The predicted molar refractivity (Wildman–Crippen MR) is 89.1 cm³/mol. The summed E-state index contributed by atoms with van der Waals surface area (Å²) in [5.74, 6) is 0.126. The first kappa shape index (κ1) is 16.3. The van der Waals surface area contributed by atoms with Crippen LogP contribution in [0, 0.1) is 11.3 Å². The van der Waals surface area contributed by atoms with Crippen molar-refractivity contribution in [3.63, 3.8) is 0 Å². The van der Waals surface area contributed by atoms with Crippen molar-refractivity contribution in [1.29, 1.82) is 0 Å². The first-order valence-electron chi connectivity index (χ1n) is 7.50. The highest BCUT2D eigenvalue weighted by molar-refractivity contribution is 9.10. The fraction of sp³-hybridized carbons (Fsp3) is 0.500. The van der Waals surface area contributed by atoms with E-state index >= 15 is 0 Å². The molecular weight excluding hydrogens is 328 g/mol. The number of carbonyl (C=O) groups is 1. The van der Waals surface area contributed by atoms with Gasteiger partial charge in [-0.05, 0) is 57.1 Å². The zero-order valence-electron chi connectivity index (χ0n) is 13.0. The minimum absolute atomic E-state index is 0.0846. The second-order valence-electron chi connectivity index (χ2n) is 5.97. The van der Waals surface area contributed by atoms with Crippen LogP contribution in [0.1, 0.15) is 38.7 Å². The summed E-state index contributed by atoms with van der Waals surface area (Å²) in [6, 6.07) is 8.25. The zero-order chi connectivity index (χ0) is 15.5. The standard InChI is InChI=1S/C18H23BrO2/c1-4-13-9-7-11-18(2,17(20)21-3)15(13)12-14-8-5-6-10-16(14)19/h4-6,8,10,15H,7,9,11-12H2,1-3H3/b13-4-.